The van der Waals surface area contributed by atoms with Gasteiger partial charge in [-0.15, -0.1) is 13.2 Å². The fourth-order valence-electron chi connectivity index (χ4n) is 5.54. The lowest BCUT2D eigenvalue weighted by molar-refractivity contribution is -0.150. The number of rotatable bonds is 17. The van der Waals surface area contributed by atoms with Crippen molar-refractivity contribution in [3.05, 3.63) is 122 Å². The van der Waals surface area contributed by atoms with Crippen molar-refractivity contribution >= 4 is 24.7 Å². The van der Waals surface area contributed by atoms with Crippen molar-refractivity contribution in [3.63, 3.8) is 0 Å². The molecule has 3 rings (SSSR count). The van der Waals surface area contributed by atoms with Crippen LogP contribution in [-0.2, 0) is 25.3 Å². The first-order valence-corrected chi connectivity index (χ1v) is 17.0. The molecular weight excluding hydrogens is 536 g/mol. The molecule has 3 aromatic carbocycles. The van der Waals surface area contributed by atoms with E-state index in [2.05, 4.69) is 82.5 Å². The van der Waals surface area contributed by atoms with E-state index in [9.17, 15) is 4.79 Å². The molecule has 1 unspecified atom stereocenters. The number of carbonyl (C=O) groups excluding carboxylic acids is 1. The van der Waals surface area contributed by atoms with Crippen LogP contribution in [-0.4, -0.2) is 32.6 Å². The first kappa shape index (κ1) is 33.3. The quantitative estimate of drug-likeness (QED) is 0.0924. The molecule has 0 aliphatic rings. The molecule has 0 radical (unpaired) electrons. The predicted molar refractivity (Wildman–Crippen MR) is 177 cm³/mol. The minimum absolute atomic E-state index is 0.0856. The Balaban J connectivity index is 1.69. The summed E-state index contributed by atoms with van der Waals surface area (Å²) in [6.45, 7) is 17.1. The third kappa shape index (κ3) is 9.38. The monoisotopic (exact) mass is 584 g/mol. The molecule has 224 valence electrons. The van der Waals surface area contributed by atoms with Crippen molar-refractivity contribution in [2.45, 2.75) is 89.8 Å². The van der Waals surface area contributed by atoms with Crippen LogP contribution in [0.4, 0.5) is 0 Å². The van der Waals surface area contributed by atoms with Crippen LogP contribution in [0.3, 0.4) is 0 Å². The molecular formula is C37H48O4Si. The zero-order chi connectivity index (χ0) is 30.4. The van der Waals surface area contributed by atoms with Gasteiger partial charge >= 0.3 is 5.97 Å². The molecule has 0 spiro atoms. The molecule has 0 aliphatic heterocycles. The summed E-state index contributed by atoms with van der Waals surface area (Å²) in [5, 5.41) is 2.31. The summed E-state index contributed by atoms with van der Waals surface area (Å²) in [7, 11) is -2.75. The van der Waals surface area contributed by atoms with Gasteiger partial charge in [-0.2, -0.15) is 0 Å². The maximum absolute atomic E-state index is 12.9. The van der Waals surface area contributed by atoms with E-state index in [1.807, 2.05) is 61.5 Å². The minimum Gasteiger partial charge on any atom is -0.463 e. The van der Waals surface area contributed by atoms with Gasteiger partial charge in [0.05, 0.1) is 18.8 Å². The van der Waals surface area contributed by atoms with Gasteiger partial charge in [-0.1, -0.05) is 124 Å². The molecule has 0 saturated carbocycles. The van der Waals surface area contributed by atoms with Crippen LogP contribution in [0.2, 0.25) is 5.04 Å². The molecule has 42 heavy (non-hydrogen) atoms. The van der Waals surface area contributed by atoms with Crippen molar-refractivity contribution in [1.29, 1.82) is 0 Å². The minimum atomic E-state index is -2.75. The Bertz CT molecular complexity index is 1180. The van der Waals surface area contributed by atoms with E-state index in [4.69, 9.17) is 13.9 Å². The van der Waals surface area contributed by atoms with E-state index < -0.39 is 8.32 Å². The van der Waals surface area contributed by atoms with Crippen LogP contribution in [0.5, 0.6) is 0 Å². The van der Waals surface area contributed by atoms with E-state index in [0.717, 1.165) is 5.56 Å². The van der Waals surface area contributed by atoms with Crippen LogP contribution in [0.25, 0.3) is 0 Å². The lowest BCUT2D eigenvalue weighted by atomic mass is 10.1. The first-order chi connectivity index (χ1) is 20.2. The second-order valence-corrected chi connectivity index (χ2v) is 16.2. The van der Waals surface area contributed by atoms with Crippen LogP contribution < -0.4 is 10.4 Å². The summed E-state index contributed by atoms with van der Waals surface area (Å²) in [6, 6.07) is 31.3. The second-order valence-electron chi connectivity index (χ2n) is 11.9. The van der Waals surface area contributed by atoms with Crippen molar-refractivity contribution in [2.24, 2.45) is 0 Å². The number of hydrogen-bond donors (Lipinski definition) is 0. The zero-order valence-electron chi connectivity index (χ0n) is 25.8. The molecule has 0 aliphatic carbocycles. The summed E-state index contributed by atoms with van der Waals surface area (Å²) in [5.41, 5.74) is 1.11. The number of carbonyl (C=O) groups is 1. The highest BCUT2D eigenvalue weighted by atomic mass is 28.4. The van der Waals surface area contributed by atoms with Gasteiger partial charge in [0.2, 0.25) is 0 Å². The lowest BCUT2D eigenvalue weighted by Crippen LogP contribution is -2.67. The molecule has 5 heteroatoms. The van der Waals surface area contributed by atoms with Gasteiger partial charge in [-0.05, 0) is 47.2 Å². The first-order valence-electron chi connectivity index (χ1n) is 15.0. The molecule has 0 amide bonds. The van der Waals surface area contributed by atoms with Crippen molar-refractivity contribution in [1.82, 2.24) is 0 Å². The Kier molecular flexibility index (Phi) is 13.0. The Morgan fingerprint density at radius 2 is 1.31 bits per heavy atom. The fourth-order valence-corrected chi connectivity index (χ4v) is 10.3. The van der Waals surface area contributed by atoms with E-state index in [1.165, 1.54) is 10.4 Å². The van der Waals surface area contributed by atoms with Gasteiger partial charge < -0.3 is 13.9 Å². The van der Waals surface area contributed by atoms with Gasteiger partial charge in [0.1, 0.15) is 6.10 Å². The Hall–Kier alpha value is -3.25. The van der Waals surface area contributed by atoms with Gasteiger partial charge in [0.25, 0.3) is 8.32 Å². The van der Waals surface area contributed by atoms with Gasteiger partial charge in [0, 0.05) is 12.8 Å². The van der Waals surface area contributed by atoms with Gasteiger partial charge in [-0.25, -0.2) is 0 Å². The van der Waals surface area contributed by atoms with E-state index >= 15 is 0 Å². The normalized spacial score (nSPS) is 14.0. The molecule has 0 bridgehead atoms. The highest BCUT2D eigenvalue weighted by molar-refractivity contribution is 6.99. The molecule has 4 nitrogen and oxygen atoms in total. The number of esters is 1. The van der Waals surface area contributed by atoms with Gasteiger partial charge in [-0.3, -0.25) is 4.79 Å². The van der Waals surface area contributed by atoms with Crippen molar-refractivity contribution in [2.75, 3.05) is 0 Å². The zero-order valence-corrected chi connectivity index (χ0v) is 26.8. The Morgan fingerprint density at radius 3 is 1.81 bits per heavy atom. The summed E-state index contributed by atoms with van der Waals surface area (Å²) in [5.74, 6) is -0.220. The summed E-state index contributed by atoms with van der Waals surface area (Å²) in [4.78, 5) is 12.9. The van der Waals surface area contributed by atoms with Gasteiger partial charge in [0.15, 0.2) is 0 Å². The average molecular weight is 585 g/mol. The highest BCUT2D eigenvalue weighted by Gasteiger charge is 2.51. The molecule has 3 atom stereocenters. The third-order valence-electron chi connectivity index (χ3n) is 7.55. The van der Waals surface area contributed by atoms with Crippen LogP contribution >= 0.6 is 0 Å². The molecule has 0 heterocycles. The standard InChI is InChI=1S/C37H48O4Si/c1-7-18-32(39-29-31-20-12-9-13-21-31)26-27-36(38)40-30(3)28-33(19-8-2)41-42(37(4,5)6,34-22-14-10-15-23-34)35-24-16-11-17-25-35/h7-17,20-25,30,32-33H,1-2,18-19,26-29H2,3-6H3/t30-,32?,33+/m1/s1. The highest BCUT2D eigenvalue weighted by Crippen LogP contribution is 2.38. The van der Waals surface area contributed by atoms with Crippen LogP contribution in [0.1, 0.15) is 65.4 Å². The lowest BCUT2D eigenvalue weighted by Gasteiger charge is -2.45. The molecule has 3 aromatic rings. The Morgan fingerprint density at radius 1 is 0.810 bits per heavy atom. The molecule has 0 aromatic heterocycles. The number of benzene rings is 3. The topological polar surface area (TPSA) is 44.8 Å². The smallest absolute Gasteiger partial charge is 0.306 e. The van der Waals surface area contributed by atoms with Crippen molar-refractivity contribution in [3.8, 4) is 0 Å². The average Bonchev–Trinajstić information content (AvgIpc) is 2.98. The van der Waals surface area contributed by atoms with Crippen LogP contribution in [0.15, 0.2) is 116 Å². The predicted octanol–water partition coefficient (Wildman–Crippen LogP) is 7.77. The number of ether oxygens (including phenoxy) is 2. The van der Waals surface area contributed by atoms with Crippen LogP contribution in [0, 0.1) is 0 Å². The van der Waals surface area contributed by atoms with E-state index in [-0.39, 0.29) is 29.3 Å². The summed E-state index contributed by atoms with van der Waals surface area (Å²) in [6.07, 6.45) is 6.01. The summed E-state index contributed by atoms with van der Waals surface area (Å²) < 4.78 is 19.3. The third-order valence-corrected chi connectivity index (χ3v) is 12.6. The fraction of sp³-hybridized carbons (Fsp3) is 0.378. The second kappa shape index (κ2) is 16.4. The maximum atomic E-state index is 12.9. The summed E-state index contributed by atoms with van der Waals surface area (Å²) >= 11 is 0. The largest absolute Gasteiger partial charge is 0.463 e. The van der Waals surface area contributed by atoms with E-state index in [1.54, 1.807) is 0 Å². The number of hydrogen-bond acceptors (Lipinski definition) is 4. The van der Waals surface area contributed by atoms with Crippen molar-refractivity contribution < 1.29 is 18.7 Å². The Labute approximate surface area is 254 Å². The maximum Gasteiger partial charge on any atom is 0.306 e. The van der Waals surface area contributed by atoms with E-state index in [0.29, 0.717) is 38.7 Å². The molecule has 0 saturated heterocycles. The molecule has 0 fully saturated rings. The SMILES string of the molecule is C=CCC(CCC(=O)O[C@H](C)C[C@H](CC=C)O[Si](c1ccccc1)(c1ccccc1)C(C)(C)C)OCc1ccccc1. The molecule has 0 N–H and O–H groups in total.